The first-order valence-electron chi connectivity index (χ1n) is 21.3. The van der Waals surface area contributed by atoms with Gasteiger partial charge in [0, 0.05) is 0 Å². The van der Waals surface area contributed by atoms with Gasteiger partial charge in [-0.3, -0.25) is 4.79 Å². The van der Waals surface area contributed by atoms with Crippen molar-refractivity contribution in [1.29, 1.82) is 0 Å². The summed E-state index contributed by atoms with van der Waals surface area (Å²) < 4.78 is 5.06. The summed E-state index contributed by atoms with van der Waals surface area (Å²) in [5, 5.41) is 41.6. The van der Waals surface area contributed by atoms with E-state index in [2.05, 4.69) is 12.2 Å². The van der Waals surface area contributed by atoms with Gasteiger partial charge in [-0.05, 0) is 18.9 Å². The fourth-order valence-corrected chi connectivity index (χ4v) is 7.12. The zero-order valence-electron chi connectivity index (χ0n) is 32.0. The molecule has 7 heteroatoms. The lowest BCUT2D eigenvalue weighted by Crippen LogP contribution is -2.64. The van der Waals surface area contributed by atoms with E-state index in [4.69, 9.17) is 9.84 Å². The second-order valence-electron chi connectivity index (χ2n) is 15.1. The summed E-state index contributed by atoms with van der Waals surface area (Å²) >= 11 is 0. The third-order valence-electron chi connectivity index (χ3n) is 10.5. The average Bonchev–Trinajstić information content (AvgIpc) is 3.10. The first kappa shape index (κ1) is 46.0. The van der Waals surface area contributed by atoms with Crippen molar-refractivity contribution in [3.05, 3.63) is 12.2 Å². The Kier molecular flexibility index (Phi) is 32.0. The third kappa shape index (κ3) is 26.4. The topological polar surface area (TPSA) is 119 Å². The largest absolute Gasteiger partial charge is 0.394 e. The van der Waals surface area contributed by atoms with Crippen molar-refractivity contribution < 1.29 is 30.0 Å². The molecule has 0 spiro atoms. The fourth-order valence-electron chi connectivity index (χ4n) is 7.12. The first-order valence-corrected chi connectivity index (χ1v) is 21.3. The lowest BCUT2D eigenvalue weighted by atomic mass is 9.97. The molecule has 1 amide bonds. The molecule has 0 aliphatic carbocycles. The quantitative estimate of drug-likeness (QED) is 0.0333. The maximum absolute atomic E-state index is 12.1. The molecule has 7 nitrogen and oxygen atoms in total. The molecule has 1 rings (SSSR count). The van der Waals surface area contributed by atoms with Gasteiger partial charge < -0.3 is 30.5 Å². The SMILES string of the molecule is CCCCCCCCCCCCCCCCCCCCCCCCCCCCCCCCCC=CC(=O)N[C@H]1C(O)O[C@H](CO)[C@@H](O)[C@@H]1O. The number of hydrogen-bond donors (Lipinski definition) is 5. The molecule has 1 fully saturated rings. The molecule has 0 aromatic carbocycles. The number of rotatable bonds is 35. The molecule has 1 aliphatic rings. The van der Waals surface area contributed by atoms with Crippen LogP contribution in [0.15, 0.2) is 12.2 Å². The van der Waals surface area contributed by atoms with E-state index in [1.165, 1.54) is 192 Å². The summed E-state index contributed by atoms with van der Waals surface area (Å²) in [6.45, 7) is 1.76. The van der Waals surface area contributed by atoms with Crippen LogP contribution in [0.3, 0.4) is 0 Å². The van der Waals surface area contributed by atoms with Crippen LogP contribution < -0.4 is 5.32 Å². The molecule has 49 heavy (non-hydrogen) atoms. The van der Waals surface area contributed by atoms with E-state index in [9.17, 15) is 20.1 Å². The van der Waals surface area contributed by atoms with Crippen LogP contribution in [-0.2, 0) is 9.53 Å². The Morgan fingerprint density at radius 1 is 0.531 bits per heavy atom. The molecule has 1 heterocycles. The molecule has 5 atom stereocenters. The van der Waals surface area contributed by atoms with Crippen LogP contribution in [0.4, 0.5) is 0 Å². The smallest absolute Gasteiger partial charge is 0.244 e. The number of unbranched alkanes of at least 4 members (excludes halogenated alkanes) is 31. The van der Waals surface area contributed by atoms with Crippen molar-refractivity contribution >= 4 is 5.91 Å². The third-order valence-corrected chi connectivity index (χ3v) is 10.5. The second kappa shape index (κ2) is 34.1. The Hall–Kier alpha value is -0.990. The normalized spacial score (nSPS) is 21.1. The van der Waals surface area contributed by atoms with Gasteiger partial charge >= 0.3 is 0 Å². The Morgan fingerprint density at radius 2 is 0.857 bits per heavy atom. The van der Waals surface area contributed by atoms with E-state index in [0.29, 0.717) is 0 Å². The molecule has 5 N–H and O–H groups in total. The molecule has 290 valence electrons. The van der Waals surface area contributed by atoms with Gasteiger partial charge in [0.25, 0.3) is 0 Å². The van der Waals surface area contributed by atoms with Gasteiger partial charge in [0.2, 0.25) is 5.91 Å². The van der Waals surface area contributed by atoms with Crippen molar-refractivity contribution in [2.45, 2.75) is 243 Å². The predicted octanol–water partition coefficient (Wildman–Crippen LogP) is 9.96. The van der Waals surface area contributed by atoms with Crippen LogP contribution in [0.25, 0.3) is 0 Å². The van der Waals surface area contributed by atoms with Gasteiger partial charge in [-0.15, -0.1) is 0 Å². The minimum Gasteiger partial charge on any atom is -0.394 e. The van der Waals surface area contributed by atoms with E-state index >= 15 is 0 Å². The molecule has 0 aromatic heterocycles. The average molecular weight is 696 g/mol. The molecule has 1 aliphatic heterocycles. The van der Waals surface area contributed by atoms with Crippen LogP contribution in [0.2, 0.25) is 0 Å². The molecule has 1 saturated heterocycles. The van der Waals surface area contributed by atoms with E-state index in [-0.39, 0.29) is 0 Å². The second-order valence-corrected chi connectivity index (χ2v) is 15.1. The maximum atomic E-state index is 12.1. The summed E-state index contributed by atoms with van der Waals surface area (Å²) in [5.74, 6) is -0.456. The molecular formula is C42H81NO6. The fraction of sp³-hybridized carbons (Fsp3) is 0.929. The van der Waals surface area contributed by atoms with E-state index in [0.717, 1.165) is 19.3 Å². The summed E-state index contributed by atoms with van der Waals surface area (Å²) in [6.07, 6.45) is 41.9. The molecular weight excluding hydrogens is 614 g/mol. The number of amides is 1. The highest BCUT2D eigenvalue weighted by Crippen LogP contribution is 2.20. The predicted molar refractivity (Wildman–Crippen MR) is 204 cm³/mol. The monoisotopic (exact) mass is 696 g/mol. The number of ether oxygens (including phenoxy) is 1. The molecule has 0 bridgehead atoms. The van der Waals surface area contributed by atoms with Crippen LogP contribution in [-0.4, -0.2) is 63.6 Å². The van der Waals surface area contributed by atoms with Gasteiger partial charge in [-0.2, -0.15) is 0 Å². The van der Waals surface area contributed by atoms with Crippen molar-refractivity contribution in [1.82, 2.24) is 5.32 Å². The van der Waals surface area contributed by atoms with Gasteiger partial charge in [0.05, 0.1) is 6.61 Å². The van der Waals surface area contributed by atoms with E-state index in [1.54, 1.807) is 6.08 Å². The molecule has 1 unspecified atom stereocenters. The van der Waals surface area contributed by atoms with Crippen LogP contribution in [0, 0.1) is 0 Å². The number of aliphatic hydroxyl groups is 4. The number of nitrogens with one attached hydrogen (secondary N) is 1. The minimum atomic E-state index is -1.49. The number of allylic oxidation sites excluding steroid dienone is 1. The zero-order chi connectivity index (χ0) is 35.6. The summed E-state index contributed by atoms with van der Waals surface area (Å²) in [7, 11) is 0. The van der Waals surface area contributed by atoms with Gasteiger partial charge in [0.15, 0.2) is 6.29 Å². The summed E-state index contributed by atoms with van der Waals surface area (Å²) in [6, 6.07) is -1.15. The number of aliphatic hydroxyl groups excluding tert-OH is 4. The lowest BCUT2D eigenvalue weighted by Gasteiger charge is -2.40. The Bertz CT molecular complexity index is 749. The molecule has 0 saturated carbocycles. The number of hydrogen-bond acceptors (Lipinski definition) is 6. The Balaban J connectivity index is 1.74. The Labute approximate surface area is 302 Å². The lowest BCUT2D eigenvalue weighted by molar-refractivity contribution is -0.253. The first-order chi connectivity index (χ1) is 24.0. The maximum Gasteiger partial charge on any atom is 0.244 e. The van der Waals surface area contributed by atoms with Crippen molar-refractivity contribution in [2.24, 2.45) is 0 Å². The van der Waals surface area contributed by atoms with Crippen molar-refractivity contribution in [3.63, 3.8) is 0 Å². The van der Waals surface area contributed by atoms with Crippen LogP contribution in [0.1, 0.15) is 212 Å². The van der Waals surface area contributed by atoms with E-state index < -0.39 is 43.2 Å². The summed E-state index contributed by atoms with van der Waals surface area (Å²) in [4.78, 5) is 12.1. The summed E-state index contributed by atoms with van der Waals surface area (Å²) in [5.41, 5.74) is 0. The van der Waals surface area contributed by atoms with Gasteiger partial charge in [-0.1, -0.05) is 206 Å². The van der Waals surface area contributed by atoms with Gasteiger partial charge in [-0.25, -0.2) is 0 Å². The zero-order valence-corrected chi connectivity index (χ0v) is 32.0. The minimum absolute atomic E-state index is 0.456. The highest BCUT2D eigenvalue weighted by atomic mass is 16.6. The highest BCUT2D eigenvalue weighted by molar-refractivity contribution is 5.87. The van der Waals surface area contributed by atoms with Crippen molar-refractivity contribution in [3.8, 4) is 0 Å². The standard InChI is InChI=1S/C42H81NO6/c1-2-3-4-5-6-7-8-9-10-11-12-13-14-15-16-17-18-19-20-21-22-23-24-25-26-27-28-29-30-31-32-33-34-35-38(45)43-39-41(47)40(46)37(36-44)49-42(39)48/h34-35,37,39-42,44,46-48H,2-33,36H2,1H3,(H,43,45)/t37-,39-,40-,41-,42?/m1/s1. The van der Waals surface area contributed by atoms with Crippen molar-refractivity contribution in [2.75, 3.05) is 6.61 Å². The van der Waals surface area contributed by atoms with Crippen LogP contribution in [0.5, 0.6) is 0 Å². The van der Waals surface area contributed by atoms with Gasteiger partial charge in [0.1, 0.15) is 24.4 Å². The molecule has 0 aromatic rings. The number of carbonyl (C=O) groups is 1. The highest BCUT2D eigenvalue weighted by Gasteiger charge is 2.44. The van der Waals surface area contributed by atoms with Crippen LogP contribution >= 0.6 is 0 Å². The Morgan fingerprint density at radius 3 is 1.18 bits per heavy atom. The van der Waals surface area contributed by atoms with E-state index in [1.807, 2.05) is 0 Å². The molecule has 0 radical (unpaired) electrons. The number of carbonyl (C=O) groups excluding carboxylic acids is 1.